The van der Waals surface area contributed by atoms with Crippen LogP contribution in [0.2, 0.25) is 0 Å². The van der Waals surface area contributed by atoms with Gasteiger partial charge in [0, 0.05) is 18.9 Å². The quantitative estimate of drug-likeness (QED) is 0.861. The van der Waals surface area contributed by atoms with Crippen LogP contribution in [0, 0.1) is 0 Å². The maximum atomic E-state index is 12.0. The van der Waals surface area contributed by atoms with Gasteiger partial charge in [0.25, 0.3) is 0 Å². The van der Waals surface area contributed by atoms with E-state index in [4.69, 9.17) is 4.74 Å². The van der Waals surface area contributed by atoms with Crippen molar-refractivity contribution in [2.45, 2.75) is 25.9 Å². The molecule has 0 spiro atoms. The molecule has 0 bridgehead atoms. The summed E-state index contributed by atoms with van der Waals surface area (Å²) in [4.78, 5) is 16.0. The van der Waals surface area contributed by atoms with E-state index in [-0.39, 0.29) is 12.1 Å². The second kappa shape index (κ2) is 8.02. The monoisotopic (exact) mass is 299 g/mol. The second-order valence-corrected chi connectivity index (χ2v) is 4.92. The Balaban J connectivity index is 1.90. The third kappa shape index (κ3) is 4.48. The fourth-order valence-corrected chi connectivity index (χ4v) is 2.15. The van der Waals surface area contributed by atoms with Crippen molar-refractivity contribution in [2.75, 3.05) is 7.11 Å². The predicted molar refractivity (Wildman–Crippen MR) is 85.6 cm³/mol. The second-order valence-electron chi connectivity index (χ2n) is 4.92. The van der Waals surface area contributed by atoms with Gasteiger partial charge in [0.05, 0.1) is 13.2 Å². The van der Waals surface area contributed by atoms with E-state index in [1.807, 2.05) is 43.3 Å². The highest BCUT2D eigenvalue weighted by Crippen LogP contribution is 2.19. The Morgan fingerprint density at radius 2 is 2.05 bits per heavy atom. The number of hydrogen-bond acceptors (Lipinski definition) is 3. The summed E-state index contributed by atoms with van der Waals surface area (Å²) in [6, 6.07) is 11.3. The van der Waals surface area contributed by atoms with Crippen molar-refractivity contribution in [3.63, 3.8) is 0 Å². The van der Waals surface area contributed by atoms with Crippen molar-refractivity contribution >= 4 is 6.03 Å². The molecule has 2 aromatic rings. The number of benzene rings is 1. The number of methoxy groups -OCH3 is 1. The zero-order valence-corrected chi connectivity index (χ0v) is 12.9. The van der Waals surface area contributed by atoms with E-state index in [1.54, 1.807) is 19.5 Å². The first-order chi connectivity index (χ1) is 10.7. The molecule has 5 nitrogen and oxygen atoms in total. The molecule has 0 saturated carbocycles. The molecule has 2 amide bonds. The van der Waals surface area contributed by atoms with E-state index in [0.29, 0.717) is 6.54 Å². The fourth-order valence-electron chi connectivity index (χ4n) is 2.15. The zero-order chi connectivity index (χ0) is 15.8. The smallest absolute Gasteiger partial charge is 0.315 e. The van der Waals surface area contributed by atoms with Gasteiger partial charge in [-0.1, -0.05) is 25.1 Å². The van der Waals surface area contributed by atoms with Crippen LogP contribution in [0.5, 0.6) is 5.75 Å². The van der Waals surface area contributed by atoms with Crippen LogP contribution in [0.25, 0.3) is 0 Å². The summed E-state index contributed by atoms with van der Waals surface area (Å²) in [5, 5.41) is 5.82. The number of carbonyl (C=O) groups is 1. The van der Waals surface area contributed by atoms with Crippen LogP contribution in [0.3, 0.4) is 0 Å². The van der Waals surface area contributed by atoms with E-state index < -0.39 is 0 Å². The molecule has 0 aliphatic heterocycles. The summed E-state index contributed by atoms with van der Waals surface area (Å²) in [7, 11) is 1.64. The number of amides is 2. The molecule has 0 saturated heterocycles. The molecule has 2 N–H and O–H groups in total. The molecule has 1 atom stereocenters. The first-order valence-electron chi connectivity index (χ1n) is 7.30. The van der Waals surface area contributed by atoms with Gasteiger partial charge >= 0.3 is 6.03 Å². The topological polar surface area (TPSA) is 63.2 Å². The molecular weight excluding hydrogens is 278 g/mol. The van der Waals surface area contributed by atoms with Crippen LogP contribution in [-0.4, -0.2) is 18.1 Å². The van der Waals surface area contributed by atoms with Crippen LogP contribution in [0.1, 0.15) is 30.5 Å². The summed E-state index contributed by atoms with van der Waals surface area (Å²) < 4.78 is 5.15. The molecule has 2 rings (SSSR count). The average molecular weight is 299 g/mol. The number of aromatic nitrogens is 1. The molecule has 0 aliphatic rings. The number of ether oxygens (including phenoxy) is 1. The van der Waals surface area contributed by atoms with Gasteiger partial charge in [0.2, 0.25) is 0 Å². The number of nitrogens with zero attached hydrogens (tertiary/aromatic N) is 1. The lowest BCUT2D eigenvalue weighted by atomic mass is 10.0. The van der Waals surface area contributed by atoms with Gasteiger partial charge in [-0.2, -0.15) is 0 Å². The van der Waals surface area contributed by atoms with E-state index >= 15 is 0 Å². The number of rotatable bonds is 6. The summed E-state index contributed by atoms with van der Waals surface area (Å²) in [6.45, 7) is 2.50. The highest BCUT2D eigenvalue weighted by Gasteiger charge is 2.12. The van der Waals surface area contributed by atoms with Crippen molar-refractivity contribution in [3.05, 3.63) is 59.9 Å². The van der Waals surface area contributed by atoms with E-state index in [2.05, 4.69) is 15.6 Å². The minimum Gasteiger partial charge on any atom is -0.497 e. The van der Waals surface area contributed by atoms with Crippen LogP contribution in [-0.2, 0) is 6.54 Å². The fraction of sp³-hybridized carbons (Fsp3) is 0.294. The van der Waals surface area contributed by atoms with Gasteiger partial charge in [-0.3, -0.25) is 4.98 Å². The minimum absolute atomic E-state index is 0.0280. The predicted octanol–water partition coefficient (Wildman–Crippen LogP) is 3.04. The van der Waals surface area contributed by atoms with Crippen LogP contribution >= 0.6 is 0 Å². The number of nitrogens with one attached hydrogen (secondary N) is 2. The molecule has 1 aromatic carbocycles. The van der Waals surface area contributed by atoms with Crippen molar-refractivity contribution in [2.24, 2.45) is 0 Å². The molecular formula is C17H21N3O2. The largest absolute Gasteiger partial charge is 0.497 e. The normalized spacial score (nSPS) is 11.5. The summed E-state index contributed by atoms with van der Waals surface area (Å²) >= 11 is 0. The van der Waals surface area contributed by atoms with Crippen LogP contribution in [0.4, 0.5) is 4.79 Å². The average Bonchev–Trinajstić information content (AvgIpc) is 2.59. The maximum Gasteiger partial charge on any atom is 0.315 e. The number of urea groups is 1. The Kier molecular flexibility index (Phi) is 5.77. The third-order valence-corrected chi connectivity index (χ3v) is 3.41. The zero-order valence-electron chi connectivity index (χ0n) is 12.9. The Bertz CT molecular complexity index is 585. The lowest BCUT2D eigenvalue weighted by Gasteiger charge is -2.18. The Hall–Kier alpha value is -2.56. The minimum atomic E-state index is -0.188. The van der Waals surface area contributed by atoms with Gasteiger partial charge in [0.15, 0.2) is 0 Å². The van der Waals surface area contributed by atoms with E-state index in [0.717, 1.165) is 23.3 Å². The molecule has 116 valence electrons. The van der Waals surface area contributed by atoms with Crippen LogP contribution < -0.4 is 15.4 Å². The standard InChI is InChI=1S/C17H21N3O2/c1-3-16(14-6-8-15(22-2)9-7-14)20-17(21)19-12-13-5-4-10-18-11-13/h4-11,16H,3,12H2,1-2H3,(H2,19,20,21)/t16-/m0/s1. The highest BCUT2D eigenvalue weighted by atomic mass is 16.5. The van der Waals surface area contributed by atoms with Crippen molar-refractivity contribution in [1.82, 2.24) is 15.6 Å². The highest BCUT2D eigenvalue weighted by molar-refractivity contribution is 5.74. The van der Waals surface area contributed by atoms with Gasteiger partial charge in [-0.25, -0.2) is 4.79 Å². The molecule has 1 heterocycles. The molecule has 22 heavy (non-hydrogen) atoms. The SMILES string of the molecule is CC[C@H](NC(=O)NCc1cccnc1)c1ccc(OC)cc1. The van der Waals surface area contributed by atoms with Gasteiger partial charge < -0.3 is 15.4 Å². The number of pyridine rings is 1. The molecule has 0 aliphatic carbocycles. The van der Waals surface area contributed by atoms with Gasteiger partial charge in [-0.05, 0) is 35.7 Å². The lowest BCUT2D eigenvalue weighted by molar-refractivity contribution is 0.236. The Morgan fingerprint density at radius 1 is 1.27 bits per heavy atom. The van der Waals surface area contributed by atoms with Crippen molar-refractivity contribution in [1.29, 1.82) is 0 Å². The summed E-state index contributed by atoms with van der Waals surface area (Å²) in [6.07, 6.45) is 4.26. The first kappa shape index (κ1) is 15.8. The van der Waals surface area contributed by atoms with Crippen molar-refractivity contribution < 1.29 is 9.53 Å². The third-order valence-electron chi connectivity index (χ3n) is 3.41. The molecule has 1 aromatic heterocycles. The van der Waals surface area contributed by atoms with E-state index in [1.165, 1.54) is 0 Å². The molecule has 0 fully saturated rings. The molecule has 0 radical (unpaired) electrons. The Morgan fingerprint density at radius 3 is 2.64 bits per heavy atom. The van der Waals surface area contributed by atoms with Crippen LogP contribution in [0.15, 0.2) is 48.8 Å². The van der Waals surface area contributed by atoms with Gasteiger partial charge in [0.1, 0.15) is 5.75 Å². The first-order valence-corrected chi connectivity index (χ1v) is 7.30. The summed E-state index contributed by atoms with van der Waals surface area (Å²) in [5.41, 5.74) is 2.02. The Labute approximate surface area is 130 Å². The molecule has 5 heteroatoms. The van der Waals surface area contributed by atoms with E-state index in [9.17, 15) is 4.79 Å². The summed E-state index contributed by atoms with van der Waals surface area (Å²) in [5.74, 6) is 0.805. The maximum absolute atomic E-state index is 12.0. The number of hydrogen-bond donors (Lipinski definition) is 2. The molecule has 0 unspecified atom stereocenters. The van der Waals surface area contributed by atoms with Gasteiger partial charge in [-0.15, -0.1) is 0 Å². The van der Waals surface area contributed by atoms with Crippen molar-refractivity contribution in [3.8, 4) is 5.75 Å². The lowest BCUT2D eigenvalue weighted by Crippen LogP contribution is -2.37. The number of carbonyl (C=O) groups excluding carboxylic acids is 1.